The van der Waals surface area contributed by atoms with Crippen molar-refractivity contribution in [3.63, 3.8) is 0 Å². The highest BCUT2D eigenvalue weighted by molar-refractivity contribution is 5.68. The minimum Gasteiger partial charge on any atom is -0.445 e. The molecule has 2 saturated heterocycles. The van der Waals surface area contributed by atoms with Crippen LogP contribution in [0.1, 0.15) is 17.2 Å². The van der Waals surface area contributed by atoms with E-state index in [0.717, 1.165) is 36.1 Å². The number of nitrogens with one attached hydrogen (secondary N) is 1. The average Bonchev–Trinajstić information content (AvgIpc) is 3.06. The van der Waals surface area contributed by atoms with Crippen LogP contribution in [0.2, 0.25) is 0 Å². The number of amides is 1. The van der Waals surface area contributed by atoms with E-state index in [-0.39, 0.29) is 29.9 Å². The van der Waals surface area contributed by atoms with E-state index in [0.29, 0.717) is 44.4 Å². The van der Waals surface area contributed by atoms with Crippen molar-refractivity contribution in [2.75, 3.05) is 55.6 Å². The summed E-state index contributed by atoms with van der Waals surface area (Å²) >= 11 is 0. The number of carbonyl (C=O) groups is 1. The topological polar surface area (TPSA) is 95.8 Å². The molecule has 2 aliphatic heterocycles. The smallest absolute Gasteiger partial charge is 0.410 e. The molecule has 1 N–H and O–H groups in total. The van der Waals surface area contributed by atoms with Crippen molar-refractivity contribution in [1.82, 2.24) is 24.8 Å². The van der Waals surface area contributed by atoms with E-state index in [1.165, 1.54) is 22.9 Å². The lowest BCUT2D eigenvalue weighted by Gasteiger charge is -2.36. The molecule has 43 heavy (non-hydrogen) atoms. The van der Waals surface area contributed by atoms with Crippen LogP contribution >= 0.6 is 0 Å². The van der Waals surface area contributed by atoms with Crippen LogP contribution in [0.4, 0.5) is 20.8 Å². The van der Waals surface area contributed by atoms with Crippen molar-refractivity contribution in [3.05, 3.63) is 106 Å². The molecule has 2 aliphatic rings. The fraction of sp³-hybridized carbons (Fsp3) is 0.312. The first-order chi connectivity index (χ1) is 21.0. The van der Waals surface area contributed by atoms with Crippen molar-refractivity contribution >= 4 is 17.7 Å². The minimum atomic E-state index is -0.517. The Balaban J connectivity index is 1.08. The lowest BCUT2D eigenvalue weighted by Crippen LogP contribution is -2.49. The third kappa shape index (κ3) is 6.36. The molecular formula is C32H34FN7O3. The molecule has 11 heteroatoms. The molecule has 1 unspecified atom stereocenters. The Bertz CT molecular complexity index is 1620. The van der Waals surface area contributed by atoms with Crippen LogP contribution in [0.5, 0.6) is 0 Å². The molecule has 0 bridgehead atoms. The van der Waals surface area contributed by atoms with Crippen molar-refractivity contribution in [1.29, 1.82) is 0 Å². The predicted molar refractivity (Wildman–Crippen MR) is 162 cm³/mol. The monoisotopic (exact) mass is 583 g/mol. The normalized spacial score (nSPS) is 17.2. The first kappa shape index (κ1) is 28.4. The molecule has 1 atom stereocenters. The van der Waals surface area contributed by atoms with Gasteiger partial charge in [0.25, 0.3) is 5.56 Å². The number of ether oxygens (including phenoxy) is 1. The quantitative estimate of drug-likeness (QED) is 0.368. The van der Waals surface area contributed by atoms with E-state index in [1.807, 2.05) is 30.3 Å². The zero-order chi connectivity index (χ0) is 29.8. The van der Waals surface area contributed by atoms with Crippen molar-refractivity contribution in [3.8, 4) is 11.3 Å². The summed E-state index contributed by atoms with van der Waals surface area (Å²) in [7, 11) is 1.69. The summed E-state index contributed by atoms with van der Waals surface area (Å²) in [5, 5.41) is 3.57. The van der Waals surface area contributed by atoms with Crippen LogP contribution in [-0.4, -0.2) is 71.3 Å². The third-order valence-electron chi connectivity index (χ3n) is 8.02. The van der Waals surface area contributed by atoms with E-state index in [1.54, 1.807) is 11.9 Å². The van der Waals surface area contributed by atoms with Crippen LogP contribution in [-0.2, 0) is 18.4 Å². The van der Waals surface area contributed by atoms with Crippen LogP contribution in [0.15, 0.2) is 83.9 Å². The first-order valence-corrected chi connectivity index (χ1v) is 14.4. The Hall–Kier alpha value is -4.77. The van der Waals surface area contributed by atoms with Crippen molar-refractivity contribution in [2.45, 2.75) is 12.6 Å². The number of hydrogen-bond donors (Lipinski definition) is 1. The van der Waals surface area contributed by atoms with Gasteiger partial charge in [0.15, 0.2) is 5.82 Å². The molecule has 4 aromatic rings. The molecule has 0 saturated carbocycles. The Morgan fingerprint density at radius 2 is 1.77 bits per heavy atom. The number of piperazine rings is 2. The predicted octanol–water partition coefficient (Wildman–Crippen LogP) is 3.59. The number of rotatable bonds is 6. The number of halogens is 1. The molecule has 10 nitrogen and oxygen atoms in total. The summed E-state index contributed by atoms with van der Waals surface area (Å²) in [6, 6.07) is 21.1. The molecule has 1 amide bonds. The second-order valence-corrected chi connectivity index (χ2v) is 10.8. The van der Waals surface area contributed by atoms with Gasteiger partial charge in [-0.25, -0.2) is 14.2 Å². The van der Waals surface area contributed by atoms with Gasteiger partial charge in [-0.05, 0) is 29.3 Å². The Morgan fingerprint density at radius 1 is 1.00 bits per heavy atom. The molecule has 4 heterocycles. The van der Waals surface area contributed by atoms with Gasteiger partial charge in [-0.3, -0.25) is 14.3 Å². The maximum atomic E-state index is 14.4. The second-order valence-electron chi connectivity index (χ2n) is 10.8. The third-order valence-corrected chi connectivity index (χ3v) is 8.02. The standard InChI is InChI=1S/C32H34FN7O3/c1-37-30(41)19-28(26-11-12-34-20-27(26)33)36-31(37)40-14-13-35-29(21-40)24-7-9-25(10-8-24)38-15-17-39(18-16-38)32(42)43-22-23-5-3-2-4-6-23/h2-12,19-20,29,35H,13-18,21-22H2,1H3. The van der Waals surface area contributed by atoms with E-state index in [9.17, 15) is 14.0 Å². The van der Waals surface area contributed by atoms with Gasteiger partial charge in [0, 0.05) is 82.4 Å². The number of aromatic nitrogens is 3. The lowest BCUT2D eigenvalue weighted by molar-refractivity contribution is 0.0942. The number of nitrogens with zero attached hydrogens (tertiary/aromatic N) is 6. The van der Waals surface area contributed by atoms with Gasteiger partial charge in [0.05, 0.1) is 11.9 Å². The number of carbonyl (C=O) groups excluding carboxylic acids is 1. The molecule has 0 radical (unpaired) electrons. The Morgan fingerprint density at radius 3 is 2.51 bits per heavy atom. The Labute approximate surface area is 249 Å². The summed E-state index contributed by atoms with van der Waals surface area (Å²) in [6.45, 7) is 4.90. The average molecular weight is 584 g/mol. The molecule has 6 rings (SSSR count). The molecular weight excluding hydrogens is 549 g/mol. The highest BCUT2D eigenvalue weighted by Gasteiger charge is 2.26. The van der Waals surface area contributed by atoms with Crippen molar-refractivity contribution < 1.29 is 13.9 Å². The van der Waals surface area contributed by atoms with Crippen LogP contribution < -0.4 is 20.7 Å². The number of anilines is 2. The number of pyridine rings is 1. The fourth-order valence-electron chi connectivity index (χ4n) is 5.56. The van der Waals surface area contributed by atoms with Gasteiger partial charge in [0.2, 0.25) is 5.95 Å². The van der Waals surface area contributed by atoms with Gasteiger partial charge < -0.3 is 24.8 Å². The van der Waals surface area contributed by atoms with E-state index in [2.05, 4.69) is 49.4 Å². The molecule has 0 spiro atoms. The summed E-state index contributed by atoms with van der Waals surface area (Å²) in [4.78, 5) is 39.9. The summed E-state index contributed by atoms with van der Waals surface area (Å²) in [5.41, 5.74) is 3.49. The summed E-state index contributed by atoms with van der Waals surface area (Å²) < 4.78 is 21.4. The number of benzene rings is 2. The molecule has 2 fully saturated rings. The van der Waals surface area contributed by atoms with Gasteiger partial charge in [-0.15, -0.1) is 0 Å². The SMILES string of the molecule is Cn1c(N2CCNC(c3ccc(N4CCN(C(=O)OCc5ccccc5)CC4)cc3)C2)nc(-c2ccncc2F)cc1=O. The lowest BCUT2D eigenvalue weighted by atomic mass is 10.0. The van der Waals surface area contributed by atoms with Gasteiger partial charge >= 0.3 is 6.09 Å². The van der Waals surface area contributed by atoms with E-state index < -0.39 is 5.82 Å². The molecule has 0 aliphatic carbocycles. The van der Waals surface area contributed by atoms with Crippen LogP contribution in [0, 0.1) is 5.82 Å². The van der Waals surface area contributed by atoms with Crippen molar-refractivity contribution in [2.24, 2.45) is 7.05 Å². The number of hydrogen-bond acceptors (Lipinski definition) is 8. The van der Waals surface area contributed by atoms with Gasteiger partial charge in [0.1, 0.15) is 6.61 Å². The minimum absolute atomic E-state index is 0.0252. The van der Waals surface area contributed by atoms with Crippen LogP contribution in [0.3, 0.4) is 0 Å². The first-order valence-electron chi connectivity index (χ1n) is 14.4. The fourth-order valence-corrected chi connectivity index (χ4v) is 5.56. The summed E-state index contributed by atoms with van der Waals surface area (Å²) in [6.07, 6.45) is 2.33. The Kier molecular flexibility index (Phi) is 8.32. The zero-order valence-corrected chi connectivity index (χ0v) is 24.0. The molecule has 2 aromatic heterocycles. The molecule has 2 aromatic carbocycles. The zero-order valence-electron chi connectivity index (χ0n) is 24.0. The highest BCUT2D eigenvalue weighted by Crippen LogP contribution is 2.26. The summed E-state index contributed by atoms with van der Waals surface area (Å²) in [5.74, 6) is -0.0149. The van der Waals surface area contributed by atoms with Crippen LogP contribution in [0.25, 0.3) is 11.3 Å². The highest BCUT2D eigenvalue weighted by atomic mass is 19.1. The largest absolute Gasteiger partial charge is 0.445 e. The maximum Gasteiger partial charge on any atom is 0.410 e. The molecule has 222 valence electrons. The maximum absolute atomic E-state index is 14.4. The van der Waals surface area contributed by atoms with E-state index >= 15 is 0 Å². The second kappa shape index (κ2) is 12.6. The van der Waals surface area contributed by atoms with Gasteiger partial charge in [-0.1, -0.05) is 42.5 Å². The van der Waals surface area contributed by atoms with E-state index in [4.69, 9.17) is 4.74 Å². The van der Waals surface area contributed by atoms with Gasteiger partial charge in [-0.2, -0.15) is 0 Å².